The fourth-order valence-corrected chi connectivity index (χ4v) is 1.65. The predicted molar refractivity (Wildman–Crippen MR) is 71.2 cm³/mol. The highest BCUT2D eigenvalue weighted by Crippen LogP contribution is 2.18. The van der Waals surface area contributed by atoms with E-state index in [2.05, 4.69) is 9.97 Å². The number of nitrogen functional groups attached to an aromatic ring is 1. The number of carboxylic acids is 1. The smallest absolute Gasteiger partial charge is 0.320 e. The molecule has 5 N–H and O–H groups in total. The van der Waals surface area contributed by atoms with Crippen LogP contribution in [0.1, 0.15) is 5.56 Å². The summed E-state index contributed by atoms with van der Waals surface area (Å²) in [5.74, 6) is -1.63. The Labute approximate surface area is 114 Å². The summed E-state index contributed by atoms with van der Waals surface area (Å²) in [6, 6.07) is 5.91. The Balaban J connectivity index is 2.19. The van der Waals surface area contributed by atoms with Gasteiger partial charge in [0.1, 0.15) is 6.04 Å². The zero-order chi connectivity index (χ0) is 14.7. The Bertz CT molecular complexity index is 631. The molecule has 0 saturated carbocycles. The van der Waals surface area contributed by atoms with Gasteiger partial charge in [-0.05, 0) is 12.0 Å². The molecule has 0 bridgehead atoms. The summed E-state index contributed by atoms with van der Waals surface area (Å²) >= 11 is 0. The quantitative estimate of drug-likeness (QED) is 0.761. The van der Waals surface area contributed by atoms with Crippen LogP contribution in [0.5, 0.6) is 0 Å². The van der Waals surface area contributed by atoms with E-state index in [0.717, 1.165) is 11.8 Å². The lowest BCUT2D eigenvalue weighted by Crippen LogP contribution is -2.32. The Kier molecular flexibility index (Phi) is 3.90. The number of hydrogen-bond donors (Lipinski definition) is 3. The predicted octanol–water partition coefficient (Wildman–Crippen LogP) is 0.819. The van der Waals surface area contributed by atoms with E-state index in [1.165, 1.54) is 0 Å². The lowest BCUT2D eigenvalue weighted by molar-refractivity contribution is -0.138. The van der Waals surface area contributed by atoms with E-state index in [1.54, 1.807) is 24.3 Å². The first-order chi connectivity index (χ1) is 9.47. The van der Waals surface area contributed by atoms with Gasteiger partial charge in [0.05, 0.1) is 6.20 Å². The second kappa shape index (κ2) is 5.62. The molecular weight excluding hydrogens is 263 g/mol. The lowest BCUT2D eigenvalue weighted by Gasteiger charge is -2.07. The number of carboxylic acid groups (broad SMARTS) is 1. The molecule has 20 heavy (non-hydrogen) atoms. The normalized spacial score (nSPS) is 12.1. The van der Waals surface area contributed by atoms with Crippen LogP contribution in [-0.2, 0) is 11.2 Å². The minimum absolute atomic E-state index is 0.216. The van der Waals surface area contributed by atoms with Crippen LogP contribution in [0.2, 0.25) is 0 Å². The summed E-state index contributed by atoms with van der Waals surface area (Å²) in [6.07, 6.45) is 1.23. The molecule has 0 aliphatic carbocycles. The molecule has 7 heteroatoms. The molecule has 1 unspecified atom stereocenters. The molecule has 1 heterocycles. The van der Waals surface area contributed by atoms with Crippen molar-refractivity contribution in [3.63, 3.8) is 0 Å². The molecule has 0 fully saturated rings. The van der Waals surface area contributed by atoms with E-state index in [-0.39, 0.29) is 12.2 Å². The number of hydrogen-bond acceptors (Lipinski definition) is 5. The van der Waals surface area contributed by atoms with Crippen LogP contribution in [0, 0.1) is 5.82 Å². The van der Waals surface area contributed by atoms with E-state index in [0.29, 0.717) is 11.4 Å². The van der Waals surface area contributed by atoms with Crippen molar-refractivity contribution in [2.75, 3.05) is 5.73 Å². The second-order valence-corrected chi connectivity index (χ2v) is 4.27. The number of nitrogens with zero attached hydrogens (tertiary/aromatic N) is 2. The van der Waals surface area contributed by atoms with E-state index in [1.807, 2.05) is 0 Å². The molecule has 0 amide bonds. The van der Waals surface area contributed by atoms with Crippen LogP contribution < -0.4 is 11.5 Å². The monoisotopic (exact) mass is 276 g/mol. The van der Waals surface area contributed by atoms with E-state index >= 15 is 0 Å². The molecule has 1 atom stereocenters. The van der Waals surface area contributed by atoms with Crippen molar-refractivity contribution in [3.8, 4) is 11.4 Å². The lowest BCUT2D eigenvalue weighted by atomic mass is 10.0. The van der Waals surface area contributed by atoms with Crippen LogP contribution in [-0.4, -0.2) is 27.1 Å². The summed E-state index contributed by atoms with van der Waals surface area (Å²) in [4.78, 5) is 18.3. The van der Waals surface area contributed by atoms with Crippen molar-refractivity contribution in [2.45, 2.75) is 12.5 Å². The second-order valence-electron chi connectivity index (χ2n) is 4.27. The molecule has 0 aliphatic rings. The topological polar surface area (TPSA) is 115 Å². The summed E-state index contributed by atoms with van der Waals surface area (Å²) in [5.41, 5.74) is 12.3. The average molecular weight is 276 g/mol. The fraction of sp³-hybridized carbons (Fsp3) is 0.154. The maximum absolute atomic E-state index is 13.0. The van der Waals surface area contributed by atoms with Gasteiger partial charge in [-0.15, -0.1) is 0 Å². The third-order valence-corrected chi connectivity index (χ3v) is 2.76. The van der Waals surface area contributed by atoms with Crippen molar-refractivity contribution in [2.24, 2.45) is 5.73 Å². The SMILES string of the molecule is Nc1nc(-c2ccc(CC(N)C(=O)O)cc2)ncc1F. The molecule has 104 valence electrons. The van der Waals surface area contributed by atoms with Gasteiger partial charge in [0.25, 0.3) is 0 Å². The Morgan fingerprint density at radius 2 is 2.00 bits per heavy atom. The van der Waals surface area contributed by atoms with Crippen molar-refractivity contribution in [1.82, 2.24) is 9.97 Å². The van der Waals surface area contributed by atoms with Crippen LogP contribution in [0.3, 0.4) is 0 Å². The highest BCUT2D eigenvalue weighted by atomic mass is 19.1. The number of anilines is 1. The molecule has 2 aromatic rings. The first-order valence-electron chi connectivity index (χ1n) is 5.83. The largest absolute Gasteiger partial charge is 0.480 e. The van der Waals surface area contributed by atoms with Gasteiger partial charge >= 0.3 is 5.97 Å². The van der Waals surface area contributed by atoms with Crippen molar-refractivity contribution < 1.29 is 14.3 Å². The number of halogens is 1. The van der Waals surface area contributed by atoms with E-state index in [4.69, 9.17) is 16.6 Å². The number of carbonyl (C=O) groups is 1. The number of benzene rings is 1. The van der Waals surface area contributed by atoms with Gasteiger partial charge in [0, 0.05) is 5.56 Å². The van der Waals surface area contributed by atoms with Gasteiger partial charge < -0.3 is 16.6 Å². The van der Waals surface area contributed by atoms with Crippen LogP contribution in [0.4, 0.5) is 10.2 Å². The summed E-state index contributed by atoms with van der Waals surface area (Å²) in [7, 11) is 0. The number of aliphatic carboxylic acids is 1. The van der Waals surface area contributed by atoms with E-state index in [9.17, 15) is 9.18 Å². The fourth-order valence-electron chi connectivity index (χ4n) is 1.65. The number of aromatic nitrogens is 2. The molecule has 2 rings (SSSR count). The van der Waals surface area contributed by atoms with Crippen molar-refractivity contribution >= 4 is 11.8 Å². The third kappa shape index (κ3) is 3.07. The zero-order valence-corrected chi connectivity index (χ0v) is 10.5. The molecule has 1 aromatic carbocycles. The molecule has 0 aliphatic heterocycles. The zero-order valence-electron chi connectivity index (χ0n) is 10.5. The van der Waals surface area contributed by atoms with Crippen molar-refractivity contribution in [1.29, 1.82) is 0 Å². The minimum Gasteiger partial charge on any atom is -0.480 e. The first-order valence-corrected chi connectivity index (χ1v) is 5.83. The Hall–Kier alpha value is -2.54. The summed E-state index contributed by atoms with van der Waals surface area (Å²) in [5, 5.41) is 8.74. The molecule has 1 aromatic heterocycles. The van der Waals surface area contributed by atoms with Crippen LogP contribution >= 0.6 is 0 Å². The molecular formula is C13H13FN4O2. The Morgan fingerprint density at radius 1 is 1.35 bits per heavy atom. The molecule has 0 spiro atoms. The van der Waals surface area contributed by atoms with Crippen LogP contribution in [0.25, 0.3) is 11.4 Å². The summed E-state index contributed by atoms with van der Waals surface area (Å²) < 4.78 is 13.0. The van der Waals surface area contributed by atoms with E-state index < -0.39 is 17.8 Å². The number of rotatable bonds is 4. The van der Waals surface area contributed by atoms with Gasteiger partial charge in [-0.3, -0.25) is 4.79 Å². The van der Waals surface area contributed by atoms with Gasteiger partial charge in [0.15, 0.2) is 17.5 Å². The minimum atomic E-state index is -1.05. The number of nitrogens with two attached hydrogens (primary N) is 2. The maximum Gasteiger partial charge on any atom is 0.320 e. The van der Waals surface area contributed by atoms with Crippen LogP contribution in [0.15, 0.2) is 30.5 Å². The van der Waals surface area contributed by atoms with Gasteiger partial charge in [0.2, 0.25) is 0 Å². The highest BCUT2D eigenvalue weighted by Gasteiger charge is 2.12. The van der Waals surface area contributed by atoms with Gasteiger partial charge in [-0.1, -0.05) is 24.3 Å². The molecule has 0 saturated heterocycles. The maximum atomic E-state index is 13.0. The van der Waals surface area contributed by atoms with Crippen molar-refractivity contribution in [3.05, 3.63) is 41.8 Å². The highest BCUT2D eigenvalue weighted by molar-refractivity contribution is 5.73. The third-order valence-electron chi connectivity index (χ3n) is 2.76. The standard InChI is InChI=1S/C13H13FN4O2/c14-9-6-17-12(18-11(9)16)8-3-1-7(2-4-8)5-10(15)13(19)20/h1-4,6,10H,5,15H2,(H,19,20)(H2,16,17,18). The van der Waals surface area contributed by atoms with Gasteiger partial charge in [-0.25, -0.2) is 14.4 Å². The summed E-state index contributed by atoms with van der Waals surface area (Å²) in [6.45, 7) is 0. The molecule has 6 nitrogen and oxygen atoms in total. The van der Waals surface area contributed by atoms with Gasteiger partial charge in [-0.2, -0.15) is 0 Å². The first kappa shape index (κ1) is 13.9. The molecule has 0 radical (unpaired) electrons. The Morgan fingerprint density at radius 3 is 2.55 bits per heavy atom. The average Bonchev–Trinajstić information content (AvgIpc) is 2.42.